The van der Waals surface area contributed by atoms with Gasteiger partial charge in [-0.15, -0.1) is 0 Å². The monoisotopic (exact) mass is 327 g/mol. The van der Waals surface area contributed by atoms with Gasteiger partial charge in [0.1, 0.15) is 11.6 Å². The zero-order valence-electron chi connectivity index (χ0n) is 10.9. The number of hydrogen-bond donors (Lipinski definition) is 3. The highest BCUT2D eigenvalue weighted by Gasteiger charge is 2.12. The van der Waals surface area contributed by atoms with E-state index in [1.165, 1.54) is 12.1 Å². The Balaban J connectivity index is 2.41. The summed E-state index contributed by atoms with van der Waals surface area (Å²) in [6.07, 6.45) is 0. The highest BCUT2D eigenvalue weighted by molar-refractivity contribution is 6.35. The third-order valence-corrected chi connectivity index (χ3v) is 3.40. The number of pyridine rings is 1. The minimum absolute atomic E-state index is 0.154. The number of rotatable bonds is 4. The lowest BCUT2D eigenvalue weighted by atomic mass is 10.2. The summed E-state index contributed by atoms with van der Waals surface area (Å²) >= 11 is 12.1. The van der Waals surface area contributed by atoms with Crippen molar-refractivity contribution in [1.82, 2.24) is 4.98 Å². The molecular weight excluding hydrogens is 317 g/mol. The molecule has 2 rings (SSSR count). The van der Waals surface area contributed by atoms with Gasteiger partial charge >= 0.3 is 0 Å². The standard InChI is InChI=1S/C12H11Cl2N5O2/c1-6-2-9(14)10(5-8(6)13)16-11-3-7(19(20)21)4-12(17-11)18-15/h2-5H,15H2,1H3,(H2,16,17,18). The van der Waals surface area contributed by atoms with Gasteiger partial charge in [0.15, 0.2) is 0 Å². The lowest BCUT2D eigenvalue weighted by Crippen LogP contribution is -2.10. The third kappa shape index (κ3) is 3.52. The number of hydrogen-bond acceptors (Lipinski definition) is 6. The molecule has 0 saturated heterocycles. The zero-order valence-corrected chi connectivity index (χ0v) is 12.4. The maximum absolute atomic E-state index is 10.9. The summed E-state index contributed by atoms with van der Waals surface area (Å²) in [6.45, 7) is 1.82. The van der Waals surface area contributed by atoms with Gasteiger partial charge in [-0.25, -0.2) is 10.8 Å². The summed E-state index contributed by atoms with van der Waals surface area (Å²) in [5.74, 6) is 5.62. The molecule has 0 saturated carbocycles. The van der Waals surface area contributed by atoms with E-state index in [9.17, 15) is 10.1 Å². The van der Waals surface area contributed by atoms with Gasteiger partial charge in [0.2, 0.25) is 0 Å². The Hall–Kier alpha value is -2.09. The van der Waals surface area contributed by atoms with Crippen LogP contribution in [0.1, 0.15) is 5.56 Å². The largest absolute Gasteiger partial charge is 0.339 e. The first-order chi connectivity index (χ1) is 9.90. The second-order valence-electron chi connectivity index (χ2n) is 4.20. The molecule has 0 aliphatic carbocycles. The average Bonchev–Trinajstić information content (AvgIpc) is 2.44. The fourth-order valence-electron chi connectivity index (χ4n) is 1.64. The maximum Gasteiger partial charge on any atom is 0.276 e. The van der Waals surface area contributed by atoms with Crippen molar-refractivity contribution in [2.24, 2.45) is 5.84 Å². The number of nitrogens with one attached hydrogen (secondary N) is 2. The molecule has 7 nitrogen and oxygen atoms in total. The van der Waals surface area contributed by atoms with Gasteiger partial charge in [0.25, 0.3) is 5.69 Å². The quantitative estimate of drug-likeness (QED) is 0.449. The second kappa shape index (κ2) is 6.13. The number of aromatic nitrogens is 1. The van der Waals surface area contributed by atoms with E-state index in [1.807, 2.05) is 6.92 Å². The van der Waals surface area contributed by atoms with Gasteiger partial charge in [0, 0.05) is 5.02 Å². The van der Waals surface area contributed by atoms with Gasteiger partial charge in [-0.2, -0.15) is 0 Å². The Kier molecular flexibility index (Phi) is 4.46. The van der Waals surface area contributed by atoms with E-state index in [1.54, 1.807) is 12.1 Å². The zero-order chi connectivity index (χ0) is 15.6. The van der Waals surface area contributed by atoms with Crippen molar-refractivity contribution < 1.29 is 4.92 Å². The molecule has 1 aromatic carbocycles. The first-order valence-electron chi connectivity index (χ1n) is 5.76. The van der Waals surface area contributed by atoms with Gasteiger partial charge in [-0.3, -0.25) is 10.1 Å². The fourth-order valence-corrected chi connectivity index (χ4v) is 2.07. The van der Waals surface area contributed by atoms with Crippen molar-refractivity contribution in [2.75, 3.05) is 10.7 Å². The average molecular weight is 328 g/mol. The SMILES string of the molecule is Cc1cc(Cl)c(Nc2cc([N+](=O)[O-])cc(NN)n2)cc1Cl. The predicted octanol–water partition coefficient (Wildman–Crippen LogP) is 3.63. The Labute approximate surface area is 130 Å². The van der Waals surface area contributed by atoms with Crippen molar-refractivity contribution >= 4 is 46.2 Å². The minimum Gasteiger partial charge on any atom is -0.339 e. The van der Waals surface area contributed by atoms with Crippen LogP contribution in [0.4, 0.5) is 23.0 Å². The van der Waals surface area contributed by atoms with Crippen molar-refractivity contribution in [3.05, 3.63) is 50.0 Å². The molecule has 0 radical (unpaired) electrons. The molecule has 9 heteroatoms. The van der Waals surface area contributed by atoms with Crippen LogP contribution in [0.3, 0.4) is 0 Å². The van der Waals surface area contributed by atoms with Crippen LogP contribution in [0.25, 0.3) is 0 Å². The number of aryl methyl sites for hydroxylation is 1. The van der Waals surface area contributed by atoms with Crippen molar-refractivity contribution in [1.29, 1.82) is 0 Å². The molecule has 0 atom stereocenters. The number of benzene rings is 1. The van der Waals surface area contributed by atoms with Crippen LogP contribution in [0.5, 0.6) is 0 Å². The Morgan fingerprint density at radius 3 is 2.48 bits per heavy atom. The highest BCUT2D eigenvalue weighted by atomic mass is 35.5. The number of nitro groups is 1. The molecule has 4 N–H and O–H groups in total. The second-order valence-corrected chi connectivity index (χ2v) is 5.02. The molecule has 0 fully saturated rings. The van der Waals surface area contributed by atoms with Gasteiger partial charge in [-0.1, -0.05) is 23.2 Å². The van der Waals surface area contributed by atoms with E-state index in [0.29, 0.717) is 15.7 Å². The molecule has 0 spiro atoms. The van der Waals surface area contributed by atoms with Crippen LogP contribution in [-0.2, 0) is 0 Å². The maximum atomic E-state index is 10.9. The normalized spacial score (nSPS) is 10.3. The summed E-state index contributed by atoms with van der Waals surface area (Å²) in [4.78, 5) is 14.4. The summed E-state index contributed by atoms with van der Waals surface area (Å²) in [6, 6.07) is 5.79. The van der Waals surface area contributed by atoms with Gasteiger partial charge < -0.3 is 10.7 Å². The van der Waals surface area contributed by atoms with E-state index in [0.717, 1.165) is 5.56 Å². The molecule has 0 aliphatic rings. The smallest absolute Gasteiger partial charge is 0.276 e. The first-order valence-corrected chi connectivity index (χ1v) is 6.52. The van der Waals surface area contributed by atoms with Crippen LogP contribution in [0.15, 0.2) is 24.3 Å². The molecule has 1 heterocycles. The van der Waals surface area contributed by atoms with Crippen molar-refractivity contribution in [3.8, 4) is 0 Å². The molecule has 110 valence electrons. The first kappa shape index (κ1) is 15.3. The number of hydrazine groups is 1. The van der Waals surface area contributed by atoms with Crippen LogP contribution in [0, 0.1) is 17.0 Å². The summed E-state index contributed by atoms with van der Waals surface area (Å²) in [7, 11) is 0. The van der Waals surface area contributed by atoms with Crippen LogP contribution in [-0.4, -0.2) is 9.91 Å². The van der Waals surface area contributed by atoms with Gasteiger partial charge in [0.05, 0.1) is 27.8 Å². The molecular formula is C12H11Cl2N5O2. The van der Waals surface area contributed by atoms with E-state index < -0.39 is 4.92 Å². The number of nitrogens with zero attached hydrogens (tertiary/aromatic N) is 2. The topological polar surface area (TPSA) is 106 Å². The fraction of sp³-hybridized carbons (Fsp3) is 0.0833. The Morgan fingerprint density at radius 1 is 1.19 bits per heavy atom. The number of nitrogen functional groups attached to an aromatic ring is 1. The summed E-state index contributed by atoms with van der Waals surface area (Å²) in [5.41, 5.74) is 3.42. The van der Waals surface area contributed by atoms with Gasteiger partial charge in [-0.05, 0) is 24.6 Å². The molecule has 0 bridgehead atoms. The summed E-state index contributed by atoms with van der Waals surface area (Å²) in [5, 5.41) is 14.7. The molecule has 0 unspecified atom stereocenters. The van der Waals surface area contributed by atoms with E-state index in [2.05, 4.69) is 15.7 Å². The molecule has 0 amide bonds. The van der Waals surface area contributed by atoms with E-state index in [-0.39, 0.29) is 17.3 Å². The minimum atomic E-state index is -0.544. The molecule has 0 aliphatic heterocycles. The number of halogens is 2. The molecule has 2 aromatic rings. The number of nitrogens with two attached hydrogens (primary N) is 1. The molecule has 21 heavy (non-hydrogen) atoms. The van der Waals surface area contributed by atoms with Crippen LogP contribution >= 0.6 is 23.2 Å². The van der Waals surface area contributed by atoms with Crippen molar-refractivity contribution in [3.63, 3.8) is 0 Å². The van der Waals surface area contributed by atoms with Crippen molar-refractivity contribution in [2.45, 2.75) is 6.92 Å². The highest BCUT2D eigenvalue weighted by Crippen LogP contribution is 2.31. The Bertz CT molecular complexity index is 708. The molecule has 1 aromatic heterocycles. The van der Waals surface area contributed by atoms with E-state index >= 15 is 0 Å². The van der Waals surface area contributed by atoms with E-state index in [4.69, 9.17) is 29.0 Å². The van der Waals surface area contributed by atoms with Crippen LogP contribution in [0.2, 0.25) is 10.0 Å². The third-order valence-electron chi connectivity index (χ3n) is 2.68. The predicted molar refractivity (Wildman–Crippen MR) is 83.2 cm³/mol. The summed E-state index contributed by atoms with van der Waals surface area (Å²) < 4.78 is 0. The lowest BCUT2D eigenvalue weighted by molar-refractivity contribution is -0.384. The van der Waals surface area contributed by atoms with Crippen LogP contribution < -0.4 is 16.6 Å². The Morgan fingerprint density at radius 2 is 1.86 bits per heavy atom. The number of anilines is 3. The lowest BCUT2D eigenvalue weighted by Gasteiger charge is -2.10.